The third kappa shape index (κ3) is 6.00. The van der Waals surface area contributed by atoms with E-state index < -0.39 is 8.07 Å². The number of rotatable bonds is 8. The predicted molar refractivity (Wildman–Crippen MR) is 299 cm³/mol. The van der Waals surface area contributed by atoms with E-state index in [-0.39, 0.29) is 0 Å². The van der Waals surface area contributed by atoms with Gasteiger partial charge in [-0.15, -0.1) is 0 Å². The lowest BCUT2D eigenvalue weighted by atomic mass is 10.0. The predicted octanol–water partition coefficient (Wildman–Crippen LogP) is 14.0. The number of hydrogen-bond acceptors (Lipinski definition) is 0. The molecule has 0 bridgehead atoms. The number of aromatic nitrogens is 3. The lowest BCUT2D eigenvalue weighted by Crippen LogP contribution is -2.74. The highest BCUT2D eigenvalue weighted by atomic mass is 28.3. The topological polar surface area (TPSA) is 14.8 Å². The van der Waals surface area contributed by atoms with Crippen LogP contribution in [0.1, 0.15) is 0 Å². The summed E-state index contributed by atoms with van der Waals surface area (Å²) in [5.74, 6) is 0. The van der Waals surface area contributed by atoms with Crippen LogP contribution in [0.3, 0.4) is 0 Å². The van der Waals surface area contributed by atoms with Crippen LogP contribution in [-0.4, -0.2) is 21.8 Å². The minimum absolute atomic E-state index is 1.14. The van der Waals surface area contributed by atoms with Gasteiger partial charge in [-0.2, -0.15) is 0 Å². The number of nitrogens with zero attached hydrogens (tertiary/aromatic N) is 3. The summed E-state index contributed by atoms with van der Waals surface area (Å²) in [4.78, 5) is 0. The van der Waals surface area contributed by atoms with E-state index in [2.05, 4.69) is 287 Å². The van der Waals surface area contributed by atoms with Crippen LogP contribution in [0.25, 0.3) is 93.6 Å². The zero-order chi connectivity index (χ0) is 46.2. The van der Waals surface area contributed by atoms with Crippen molar-refractivity contribution in [1.29, 1.82) is 0 Å². The molecule has 0 radical (unpaired) electrons. The molecule has 0 unspecified atom stereocenters. The molecule has 14 rings (SSSR count). The molecule has 0 N–H and O–H groups in total. The average molecular weight is 908 g/mol. The van der Waals surface area contributed by atoms with Gasteiger partial charge in [0.1, 0.15) is 0 Å². The van der Waals surface area contributed by atoms with Gasteiger partial charge < -0.3 is 13.7 Å². The molecule has 0 fully saturated rings. The van der Waals surface area contributed by atoms with Crippen molar-refractivity contribution in [3.63, 3.8) is 0 Å². The Morgan fingerprint density at radius 3 is 1.14 bits per heavy atom. The summed E-state index contributed by atoms with van der Waals surface area (Å²) in [6, 6.07) is 101. The Balaban J connectivity index is 0.932. The zero-order valence-corrected chi connectivity index (χ0v) is 39.3. The summed E-state index contributed by atoms with van der Waals surface area (Å²) < 4.78 is 7.34. The molecule has 0 spiro atoms. The van der Waals surface area contributed by atoms with E-state index in [0.29, 0.717) is 0 Å². The Morgan fingerprint density at radius 1 is 0.229 bits per heavy atom. The Bertz CT molecular complexity index is 4170. The molecular formula is C66H45N3Si. The van der Waals surface area contributed by atoms with Crippen molar-refractivity contribution in [2.45, 2.75) is 0 Å². The first-order chi connectivity index (χ1) is 34.8. The minimum atomic E-state index is -2.69. The molecule has 11 aromatic carbocycles. The van der Waals surface area contributed by atoms with E-state index in [9.17, 15) is 0 Å². The second kappa shape index (κ2) is 16.1. The van der Waals surface area contributed by atoms with Crippen molar-refractivity contribution in [2.24, 2.45) is 0 Å². The summed E-state index contributed by atoms with van der Waals surface area (Å²) in [7, 11) is -2.69. The van der Waals surface area contributed by atoms with Crippen LogP contribution < -0.4 is 20.7 Å². The fourth-order valence-electron chi connectivity index (χ4n) is 11.8. The Labute approximate surface area is 407 Å². The minimum Gasteiger partial charge on any atom is -0.309 e. The summed E-state index contributed by atoms with van der Waals surface area (Å²) >= 11 is 0. The van der Waals surface area contributed by atoms with Gasteiger partial charge in [-0.1, -0.05) is 194 Å². The Hall–Kier alpha value is -8.96. The second-order valence-electron chi connectivity index (χ2n) is 18.4. The van der Waals surface area contributed by atoms with E-state index in [0.717, 1.165) is 5.69 Å². The van der Waals surface area contributed by atoms with Gasteiger partial charge in [0.25, 0.3) is 0 Å². The monoisotopic (exact) mass is 907 g/mol. The third-order valence-electron chi connectivity index (χ3n) is 14.8. The van der Waals surface area contributed by atoms with Gasteiger partial charge in [0.05, 0.1) is 38.8 Å². The van der Waals surface area contributed by atoms with Crippen molar-refractivity contribution in [3.8, 4) is 28.2 Å². The molecule has 3 heterocycles. The molecule has 0 amide bonds. The number of fused-ring (bicyclic) bond motifs is 9. The summed E-state index contributed by atoms with van der Waals surface area (Å²) in [6.07, 6.45) is 0. The van der Waals surface area contributed by atoms with Crippen molar-refractivity contribution >= 4 is 94.2 Å². The first kappa shape index (κ1) is 40.1. The molecule has 70 heavy (non-hydrogen) atoms. The third-order valence-corrected chi connectivity index (χ3v) is 19.6. The lowest BCUT2D eigenvalue weighted by Gasteiger charge is -2.34. The zero-order valence-electron chi connectivity index (χ0n) is 38.3. The van der Waals surface area contributed by atoms with Crippen molar-refractivity contribution in [3.05, 3.63) is 273 Å². The van der Waals surface area contributed by atoms with Gasteiger partial charge in [0.2, 0.25) is 0 Å². The normalized spacial score (nSPS) is 12.0. The first-order valence-electron chi connectivity index (χ1n) is 24.2. The van der Waals surface area contributed by atoms with Gasteiger partial charge in [0.15, 0.2) is 8.07 Å². The van der Waals surface area contributed by atoms with Gasteiger partial charge in [-0.25, -0.2) is 0 Å². The molecule has 3 nitrogen and oxygen atoms in total. The van der Waals surface area contributed by atoms with Crippen LogP contribution >= 0.6 is 0 Å². The summed E-state index contributed by atoms with van der Waals surface area (Å²) in [6.45, 7) is 0. The smallest absolute Gasteiger partial charge is 0.179 e. The molecule has 3 aromatic heterocycles. The SMILES string of the molecule is c1ccc(-n2c3ccccc3c3cc(-c4ccc5c(c4)c4ccccc4n5-c4cccc5c4c4ccccc4n5-c4ccc([Si](c5ccccc5)(c5ccccc5)c5ccccc5)cc4)ccc32)cc1. The van der Waals surface area contributed by atoms with E-state index >= 15 is 0 Å². The molecule has 14 aromatic rings. The number of hydrogen-bond donors (Lipinski definition) is 0. The van der Waals surface area contributed by atoms with Gasteiger partial charge in [0, 0.05) is 43.7 Å². The highest BCUT2D eigenvalue weighted by Crippen LogP contribution is 2.42. The molecule has 4 heteroatoms. The number of para-hydroxylation sites is 4. The molecule has 0 saturated carbocycles. The van der Waals surface area contributed by atoms with Crippen LogP contribution in [0.4, 0.5) is 0 Å². The summed E-state index contributed by atoms with van der Waals surface area (Å²) in [5.41, 5.74) is 13.0. The fraction of sp³-hybridized carbons (Fsp3) is 0. The standard InChI is InChI=1S/C66H45N3Si/c1-5-20-48(21-6-1)67-59-31-16-13-28-54(59)57-44-46(36-42-62(57)67)47-37-43-63-58(45-47)55-29-14-17-32-60(55)69(63)65-35-19-34-64-66(65)56-30-15-18-33-61(56)68(64)49-38-40-53(41-39-49)70(50-22-7-2-8-23-50,51-24-9-3-10-25-51)52-26-11-4-12-27-52/h1-45H. The van der Waals surface area contributed by atoms with E-state index in [1.54, 1.807) is 0 Å². The molecule has 0 saturated heterocycles. The highest BCUT2D eigenvalue weighted by Gasteiger charge is 2.41. The lowest BCUT2D eigenvalue weighted by molar-refractivity contribution is 1.17. The average Bonchev–Trinajstić information content (AvgIpc) is 4.08. The van der Waals surface area contributed by atoms with Gasteiger partial charge >= 0.3 is 0 Å². The van der Waals surface area contributed by atoms with E-state index in [1.165, 1.54) is 109 Å². The fourth-order valence-corrected chi connectivity index (χ4v) is 16.6. The molecule has 0 aliphatic heterocycles. The highest BCUT2D eigenvalue weighted by molar-refractivity contribution is 7.19. The molecule has 0 atom stereocenters. The van der Waals surface area contributed by atoms with Gasteiger partial charge in [-0.3, -0.25) is 0 Å². The van der Waals surface area contributed by atoms with Crippen molar-refractivity contribution < 1.29 is 0 Å². The van der Waals surface area contributed by atoms with E-state index in [4.69, 9.17) is 0 Å². The Morgan fingerprint density at radius 2 is 0.600 bits per heavy atom. The molecule has 0 aliphatic carbocycles. The Kier molecular flexibility index (Phi) is 9.23. The van der Waals surface area contributed by atoms with Crippen LogP contribution in [0.2, 0.25) is 0 Å². The maximum atomic E-state index is 2.49. The number of benzene rings is 11. The molecule has 0 aliphatic rings. The van der Waals surface area contributed by atoms with Crippen LogP contribution in [-0.2, 0) is 0 Å². The quantitative estimate of drug-likeness (QED) is 0.107. The van der Waals surface area contributed by atoms with Gasteiger partial charge in [-0.05, 0) is 111 Å². The molecule has 328 valence electrons. The maximum Gasteiger partial charge on any atom is 0.179 e. The maximum absolute atomic E-state index is 2.69. The van der Waals surface area contributed by atoms with Crippen LogP contribution in [0, 0.1) is 0 Å². The van der Waals surface area contributed by atoms with Crippen molar-refractivity contribution in [2.75, 3.05) is 0 Å². The summed E-state index contributed by atoms with van der Waals surface area (Å²) in [5, 5.41) is 12.9. The molecular weight excluding hydrogens is 863 g/mol. The largest absolute Gasteiger partial charge is 0.309 e. The van der Waals surface area contributed by atoms with Crippen LogP contribution in [0.5, 0.6) is 0 Å². The second-order valence-corrected chi connectivity index (χ2v) is 22.2. The van der Waals surface area contributed by atoms with E-state index in [1.807, 2.05) is 0 Å². The van der Waals surface area contributed by atoms with Crippen LogP contribution in [0.15, 0.2) is 273 Å². The van der Waals surface area contributed by atoms with Crippen molar-refractivity contribution in [1.82, 2.24) is 13.7 Å². The first-order valence-corrected chi connectivity index (χ1v) is 26.2.